The second-order valence-electron chi connectivity index (χ2n) is 5.17. The maximum atomic E-state index is 12.7. The molecule has 1 heterocycles. The second-order valence-corrected chi connectivity index (χ2v) is 6.16. The monoisotopic (exact) mass is 357 g/mol. The lowest BCUT2D eigenvalue weighted by atomic mass is 10.2. The predicted octanol–water partition coefficient (Wildman–Crippen LogP) is 3.74. The van der Waals surface area contributed by atoms with Crippen LogP contribution in [0.25, 0.3) is 6.08 Å². The number of carbonyl (C=O) groups is 2. The van der Waals surface area contributed by atoms with E-state index in [1.165, 1.54) is 24.3 Å². The lowest BCUT2D eigenvalue weighted by molar-refractivity contribution is -0.113. The molecule has 0 aromatic heterocycles. The van der Waals surface area contributed by atoms with Crippen LogP contribution in [0.15, 0.2) is 47.4 Å². The molecule has 1 fully saturated rings. The number of aromatic hydroxyl groups is 2. The van der Waals surface area contributed by atoms with Gasteiger partial charge in [0, 0.05) is 0 Å². The number of hydrogen-bond acceptors (Lipinski definition) is 6. The Morgan fingerprint density at radius 2 is 1.88 bits per heavy atom. The number of phenolic OH excluding ortho intramolecular Hbond substituents is 2. The van der Waals surface area contributed by atoms with Gasteiger partial charge >= 0.3 is 0 Å². The highest BCUT2D eigenvalue weighted by molar-refractivity contribution is 8.19. The average Bonchev–Trinajstić information content (AvgIpc) is 2.86. The van der Waals surface area contributed by atoms with Crippen LogP contribution in [0.5, 0.6) is 17.2 Å². The van der Waals surface area contributed by atoms with Crippen molar-refractivity contribution < 1.29 is 24.5 Å². The third-order valence-corrected chi connectivity index (χ3v) is 4.37. The van der Waals surface area contributed by atoms with Crippen LogP contribution in [0.1, 0.15) is 12.5 Å². The fourth-order valence-electron chi connectivity index (χ4n) is 2.38. The van der Waals surface area contributed by atoms with Crippen molar-refractivity contribution in [2.45, 2.75) is 6.92 Å². The second kappa shape index (κ2) is 6.90. The van der Waals surface area contributed by atoms with E-state index in [0.717, 1.165) is 16.7 Å². The summed E-state index contributed by atoms with van der Waals surface area (Å²) in [6.07, 6.45) is 1.49. The van der Waals surface area contributed by atoms with Crippen molar-refractivity contribution >= 4 is 34.7 Å². The zero-order chi connectivity index (χ0) is 18.0. The van der Waals surface area contributed by atoms with E-state index in [2.05, 4.69) is 0 Å². The number of benzene rings is 2. The lowest BCUT2D eigenvalue weighted by Crippen LogP contribution is -2.28. The summed E-state index contributed by atoms with van der Waals surface area (Å²) in [4.78, 5) is 26.3. The van der Waals surface area contributed by atoms with Gasteiger partial charge in [-0.3, -0.25) is 9.59 Å². The summed E-state index contributed by atoms with van der Waals surface area (Å²) in [6, 6.07) is 11.0. The Morgan fingerprint density at radius 1 is 1.12 bits per heavy atom. The van der Waals surface area contributed by atoms with E-state index in [1.54, 1.807) is 24.3 Å². The number of nitrogens with zero attached hydrogens (tertiary/aromatic N) is 1. The van der Waals surface area contributed by atoms with Crippen molar-refractivity contribution in [1.82, 2.24) is 0 Å². The smallest absolute Gasteiger partial charge is 0.298 e. The largest absolute Gasteiger partial charge is 0.504 e. The normalized spacial score (nSPS) is 15.9. The molecule has 0 bridgehead atoms. The van der Waals surface area contributed by atoms with Gasteiger partial charge in [0.15, 0.2) is 11.5 Å². The van der Waals surface area contributed by atoms with E-state index >= 15 is 0 Å². The van der Waals surface area contributed by atoms with E-state index < -0.39 is 11.1 Å². The Kier molecular flexibility index (Phi) is 4.67. The zero-order valence-electron chi connectivity index (χ0n) is 13.3. The van der Waals surface area contributed by atoms with Crippen LogP contribution in [0, 0.1) is 0 Å². The summed E-state index contributed by atoms with van der Waals surface area (Å²) in [5.74, 6) is -0.559. The van der Waals surface area contributed by atoms with E-state index in [1.807, 2.05) is 6.92 Å². The third-order valence-electron chi connectivity index (χ3n) is 3.50. The summed E-state index contributed by atoms with van der Waals surface area (Å²) in [6.45, 7) is 2.23. The van der Waals surface area contributed by atoms with E-state index in [-0.39, 0.29) is 16.4 Å². The summed E-state index contributed by atoms with van der Waals surface area (Å²) in [7, 11) is 0. The first-order valence-electron chi connectivity index (χ1n) is 7.53. The minimum Gasteiger partial charge on any atom is -0.504 e. The van der Waals surface area contributed by atoms with Crippen molar-refractivity contribution in [3.8, 4) is 17.2 Å². The molecule has 0 atom stereocenters. The lowest BCUT2D eigenvalue weighted by Gasteiger charge is -2.16. The van der Waals surface area contributed by atoms with Gasteiger partial charge in [-0.2, -0.15) is 0 Å². The number of thioether (sulfide) groups is 1. The molecule has 128 valence electrons. The van der Waals surface area contributed by atoms with Crippen molar-refractivity contribution in [1.29, 1.82) is 0 Å². The molecule has 1 aliphatic heterocycles. The molecule has 2 amide bonds. The van der Waals surface area contributed by atoms with Crippen LogP contribution < -0.4 is 9.64 Å². The van der Waals surface area contributed by atoms with Crippen molar-refractivity contribution in [3.63, 3.8) is 0 Å². The van der Waals surface area contributed by atoms with Gasteiger partial charge in [0.25, 0.3) is 11.1 Å². The molecule has 1 saturated heterocycles. The fraction of sp³-hybridized carbons (Fsp3) is 0.111. The van der Waals surface area contributed by atoms with Crippen LogP contribution in [0.4, 0.5) is 10.5 Å². The van der Waals surface area contributed by atoms with Crippen molar-refractivity contribution in [2.75, 3.05) is 11.5 Å². The number of imide groups is 1. The predicted molar refractivity (Wildman–Crippen MR) is 95.8 cm³/mol. The maximum Gasteiger partial charge on any atom is 0.298 e. The van der Waals surface area contributed by atoms with Crippen molar-refractivity contribution in [3.05, 3.63) is 52.9 Å². The third kappa shape index (κ3) is 3.32. The van der Waals surface area contributed by atoms with Gasteiger partial charge in [-0.15, -0.1) is 0 Å². The molecule has 2 N–H and O–H groups in total. The molecule has 6 nitrogen and oxygen atoms in total. The molecule has 0 unspecified atom stereocenters. The Bertz CT molecular complexity index is 878. The highest BCUT2D eigenvalue weighted by atomic mass is 32.2. The van der Waals surface area contributed by atoms with Gasteiger partial charge in [-0.05, 0) is 54.6 Å². The van der Waals surface area contributed by atoms with Crippen LogP contribution in [0.3, 0.4) is 0 Å². The number of amides is 2. The number of carbonyl (C=O) groups excluding carboxylic acids is 2. The Morgan fingerprint density at radius 3 is 2.60 bits per heavy atom. The maximum absolute atomic E-state index is 12.7. The number of phenols is 2. The molecule has 3 rings (SSSR count). The number of ether oxygens (including phenoxy) is 1. The Balaban J connectivity index is 1.95. The molecular formula is C18H15NO5S. The van der Waals surface area contributed by atoms with Gasteiger partial charge in [0.1, 0.15) is 5.75 Å². The minimum absolute atomic E-state index is 0.224. The van der Waals surface area contributed by atoms with Crippen LogP contribution in [-0.4, -0.2) is 28.0 Å². The van der Waals surface area contributed by atoms with Gasteiger partial charge in [-0.1, -0.05) is 18.2 Å². The standard InChI is InChI=1S/C18H15NO5S/c1-2-24-15-6-4-3-5-12(15)19-17(22)16(25-18(19)23)10-11-7-8-13(20)14(21)9-11/h3-10,20-21H,2H2,1H3/b16-10-. The number of anilines is 1. The van der Waals surface area contributed by atoms with Gasteiger partial charge in [0.05, 0.1) is 17.2 Å². The molecule has 2 aromatic carbocycles. The molecule has 0 radical (unpaired) electrons. The van der Waals surface area contributed by atoms with Gasteiger partial charge < -0.3 is 14.9 Å². The molecule has 7 heteroatoms. The number of rotatable bonds is 4. The van der Waals surface area contributed by atoms with E-state index in [4.69, 9.17) is 4.74 Å². The quantitative estimate of drug-likeness (QED) is 0.640. The Labute approximate surface area is 148 Å². The average molecular weight is 357 g/mol. The highest BCUT2D eigenvalue weighted by Crippen LogP contribution is 2.40. The summed E-state index contributed by atoms with van der Waals surface area (Å²) >= 11 is 0.807. The topological polar surface area (TPSA) is 87.1 Å². The first-order valence-corrected chi connectivity index (χ1v) is 8.34. The molecule has 0 aliphatic carbocycles. The zero-order valence-corrected chi connectivity index (χ0v) is 14.1. The van der Waals surface area contributed by atoms with Crippen LogP contribution in [-0.2, 0) is 4.79 Å². The molecule has 0 saturated carbocycles. The summed E-state index contributed by atoms with van der Waals surface area (Å²) in [5.41, 5.74) is 0.891. The highest BCUT2D eigenvalue weighted by Gasteiger charge is 2.37. The van der Waals surface area contributed by atoms with Crippen LogP contribution in [0.2, 0.25) is 0 Å². The van der Waals surface area contributed by atoms with Crippen LogP contribution >= 0.6 is 11.8 Å². The minimum atomic E-state index is -0.463. The first-order chi connectivity index (χ1) is 12.0. The van der Waals surface area contributed by atoms with E-state index in [0.29, 0.717) is 23.6 Å². The SMILES string of the molecule is CCOc1ccccc1N1C(=O)S/C(=C\c2ccc(O)c(O)c2)C1=O. The summed E-state index contributed by atoms with van der Waals surface area (Å²) in [5, 5.41) is 18.5. The molecule has 0 spiro atoms. The van der Waals surface area contributed by atoms with Gasteiger partial charge in [-0.25, -0.2) is 4.90 Å². The molecule has 25 heavy (non-hydrogen) atoms. The molecular weight excluding hydrogens is 342 g/mol. The molecule has 2 aromatic rings. The fourth-order valence-corrected chi connectivity index (χ4v) is 3.21. The molecule has 1 aliphatic rings. The number of para-hydroxylation sites is 2. The van der Waals surface area contributed by atoms with E-state index in [9.17, 15) is 19.8 Å². The Hall–Kier alpha value is -2.93. The summed E-state index contributed by atoms with van der Waals surface area (Å²) < 4.78 is 5.49. The first kappa shape index (κ1) is 16.9. The van der Waals surface area contributed by atoms with Gasteiger partial charge in [0.2, 0.25) is 0 Å². The van der Waals surface area contributed by atoms with Crippen molar-refractivity contribution in [2.24, 2.45) is 0 Å². The number of hydrogen-bond donors (Lipinski definition) is 2.